The van der Waals surface area contributed by atoms with Gasteiger partial charge in [-0.15, -0.1) is 0 Å². The lowest BCUT2D eigenvalue weighted by Crippen LogP contribution is -2.25. The number of allylic oxidation sites excluding steroid dienone is 1. The highest BCUT2D eigenvalue weighted by Gasteiger charge is 2.36. The molecule has 0 radical (unpaired) electrons. The van der Waals surface area contributed by atoms with Crippen molar-refractivity contribution in [2.24, 2.45) is 0 Å². The number of ether oxygens (including phenoxy) is 2. The Bertz CT molecular complexity index is 6780. The van der Waals surface area contributed by atoms with Crippen molar-refractivity contribution in [2.45, 2.75) is 0 Å². The monoisotopic (exact) mass is 1470 g/mol. The Labute approximate surface area is 624 Å². The lowest BCUT2D eigenvalue weighted by atomic mass is 9.80. The third-order valence-electron chi connectivity index (χ3n) is 17.0. The second kappa shape index (κ2) is 32.6. The summed E-state index contributed by atoms with van der Waals surface area (Å²) in [7, 11) is 0. The molecule has 0 atom stereocenters. The van der Waals surface area contributed by atoms with Crippen LogP contribution < -0.4 is 31.3 Å². The molecule has 2 aliphatic heterocycles. The van der Waals surface area contributed by atoms with E-state index in [1.807, 2.05) is 103 Å². The Morgan fingerprint density at radius 2 is 0.545 bits per heavy atom. The van der Waals surface area contributed by atoms with Crippen LogP contribution in [-0.2, 0) is 9.47 Å². The number of esters is 4. The molecule has 2 heterocycles. The van der Waals surface area contributed by atoms with E-state index < -0.39 is 91.1 Å². The molecular weight excluding hydrogens is 1440 g/mol. The summed E-state index contributed by atoms with van der Waals surface area (Å²) < 4.78 is 94.6. The molecule has 0 fully saturated rings. The predicted molar refractivity (Wildman–Crippen MR) is 383 cm³/mol. The van der Waals surface area contributed by atoms with Gasteiger partial charge >= 0.3 is 23.9 Å². The number of hydrogen-bond donors (Lipinski definition) is 0. The van der Waals surface area contributed by atoms with Gasteiger partial charge in [-0.2, -0.15) is 21.0 Å². The van der Waals surface area contributed by atoms with E-state index in [4.69, 9.17) is 64.4 Å². The van der Waals surface area contributed by atoms with Crippen molar-refractivity contribution in [1.29, 1.82) is 47.4 Å². The number of cyclic esters (lactones) is 4. The SMILES string of the molecule is N#CC(C#N)=c1c(F)c(F)c2c(F)c(=C(C#N)C#N)c(F)c(F)c2c1F.O=C1OC(=O)c2ccc3c4c(ccc1c24)C(=O)OC3=O.[C-]#[N+]C(C#N)=C1c2ccccc2C(=O)c2ccccc21.[C-]#[N+]C(C#N)=c1c2ccccc2c(=C(C#N)[N+]#[C-])c2ccccc12.[C-]#[N+]C(C#N)=c1ccc(=c2ccc(=C(C#N)[N+]#[C-])cc2)cc1. The van der Waals surface area contributed by atoms with Gasteiger partial charge in [0.05, 0.1) is 107 Å². The molecule has 0 amide bonds. The van der Waals surface area contributed by atoms with E-state index in [9.17, 15) is 66.1 Å². The summed E-state index contributed by atoms with van der Waals surface area (Å²) in [6, 6.07) is 62.2. The van der Waals surface area contributed by atoms with Crippen LogP contribution in [-0.4, -0.2) is 29.7 Å². The molecule has 11 aromatic carbocycles. The summed E-state index contributed by atoms with van der Waals surface area (Å²) in [5, 5.41) is 81.1. The molecule has 522 valence electrons. The minimum absolute atomic E-state index is 0.00438. The molecule has 0 spiro atoms. The number of carbonyl (C=O) groups is 5. The van der Waals surface area contributed by atoms with E-state index >= 15 is 0 Å². The molecule has 0 saturated heterocycles. The van der Waals surface area contributed by atoms with Crippen molar-refractivity contribution in [3.63, 3.8) is 0 Å². The van der Waals surface area contributed by atoms with Crippen LogP contribution >= 0.6 is 0 Å². The van der Waals surface area contributed by atoms with E-state index in [1.165, 1.54) is 24.3 Å². The second-order valence-electron chi connectivity index (χ2n) is 22.7. The van der Waals surface area contributed by atoms with Crippen LogP contribution in [0.25, 0.3) is 107 Å². The first kappa shape index (κ1) is 76.4. The second-order valence-corrected chi connectivity index (χ2v) is 22.7. The third kappa shape index (κ3) is 13.6. The Hall–Kier alpha value is -18.2. The van der Waals surface area contributed by atoms with Crippen molar-refractivity contribution in [3.05, 3.63) is 354 Å². The number of benzene rings is 11. The average molecular weight is 1470 g/mol. The number of hydrogen-bond acceptors (Lipinski definition) is 16. The minimum Gasteiger partial charge on any atom is -0.386 e. The smallest absolute Gasteiger partial charge is 0.346 e. The van der Waals surface area contributed by atoms with E-state index in [0.29, 0.717) is 70.2 Å². The van der Waals surface area contributed by atoms with Crippen LogP contribution in [0.5, 0.6) is 0 Å². The molecule has 21 nitrogen and oxygen atoms in total. The van der Waals surface area contributed by atoms with Crippen LogP contribution in [0.2, 0.25) is 0 Å². The fourth-order valence-corrected chi connectivity index (χ4v) is 12.1. The average Bonchev–Trinajstić information content (AvgIpc) is 0.680. The molecule has 14 rings (SSSR count). The Balaban J connectivity index is 0.000000149. The van der Waals surface area contributed by atoms with E-state index in [-0.39, 0.29) is 67.3 Å². The number of fused-ring (bicyclic) bond motifs is 5. The zero-order valence-electron chi connectivity index (χ0n) is 56.1. The maximum Gasteiger partial charge on any atom is 0.346 e. The first-order chi connectivity index (χ1) is 54.1. The minimum atomic E-state index is -2.23. The maximum atomic E-state index is 14.4. The molecule has 112 heavy (non-hydrogen) atoms. The zero-order chi connectivity index (χ0) is 80.9. The van der Waals surface area contributed by atoms with Gasteiger partial charge in [-0.3, -0.25) is 4.79 Å². The molecule has 0 saturated carbocycles. The van der Waals surface area contributed by atoms with Gasteiger partial charge in [0.1, 0.15) is 47.1 Å². The van der Waals surface area contributed by atoms with Crippen LogP contribution in [0.3, 0.4) is 0 Å². The quantitative estimate of drug-likeness (QED) is 0.0259. The van der Waals surface area contributed by atoms with Gasteiger partial charge in [0, 0.05) is 37.9 Å². The van der Waals surface area contributed by atoms with Crippen LogP contribution in [0.15, 0.2) is 176 Å². The lowest BCUT2D eigenvalue weighted by Gasteiger charge is -2.21. The van der Waals surface area contributed by atoms with E-state index in [2.05, 4.69) is 33.7 Å². The summed E-state index contributed by atoms with van der Waals surface area (Å²) in [5.41, 5.74) is 1.09. The van der Waals surface area contributed by atoms with Gasteiger partial charge in [-0.25, -0.2) is 96.1 Å². The summed E-state index contributed by atoms with van der Waals surface area (Å²) in [6.07, 6.45) is 0. The highest BCUT2D eigenvalue weighted by atomic mass is 19.2. The summed E-state index contributed by atoms with van der Waals surface area (Å²) >= 11 is 0. The molecule has 11 aromatic rings. The van der Waals surface area contributed by atoms with Crippen molar-refractivity contribution < 1.29 is 59.8 Å². The fraction of sp³-hybridized carbons (Fsp3) is 0. The maximum absolute atomic E-state index is 14.4. The predicted octanol–water partition coefficient (Wildman–Crippen LogP) is 12.1. The van der Waals surface area contributed by atoms with E-state index in [1.54, 1.807) is 72.8 Å². The number of nitrogens with zero attached hydrogens (tertiary/aromatic N) is 14. The van der Waals surface area contributed by atoms with Gasteiger partial charge < -0.3 is 9.47 Å². The van der Waals surface area contributed by atoms with Crippen molar-refractivity contribution in [2.75, 3.05) is 0 Å². The van der Waals surface area contributed by atoms with Crippen molar-refractivity contribution in [3.8, 4) is 54.6 Å². The molecular formula is C85H28F6N14O7. The Kier molecular flexibility index (Phi) is 22.3. The van der Waals surface area contributed by atoms with Gasteiger partial charge in [-0.1, -0.05) is 146 Å². The largest absolute Gasteiger partial charge is 0.386 e. The van der Waals surface area contributed by atoms with Crippen molar-refractivity contribution in [1.82, 2.24) is 0 Å². The number of halogens is 6. The highest BCUT2D eigenvalue weighted by Crippen LogP contribution is 2.39. The first-order valence-corrected chi connectivity index (χ1v) is 31.2. The van der Waals surface area contributed by atoms with Gasteiger partial charge in [0.25, 0.3) is 28.5 Å². The lowest BCUT2D eigenvalue weighted by molar-refractivity contribution is 0.0366. The standard InChI is InChI=1S/C20H8N4.C18H8N4.C17H8N2O.C16F6N4.C14H4O6/c1-23-17(11-21)19-13-7-3-5-9-15(13)20(18(12-22)24-2)16-10-6-4-8-14(16)19;1-21-17(11-19)15-7-3-13(4-8-15)14-5-9-16(10-6-14)18(12-20)22-2;1-19-15(10-18)16-11-6-2-4-8-13(11)17(20)14-9-5-3-7-12(14)16;17-11-7(5(1-23)2-24)13(19)15(21)10-9(11)16(22)14(20)8(12(10)18)6(3-25)4-26;15-11-5-1-2-6-10-8(14(18)20-12(6)16)4-3-7(9(5)10)13(17)19-11/h3-10H;3-10H;2-9H;;1-4H. The topological polar surface area (TPSA) is 340 Å². The molecule has 0 N–H and O–H groups in total. The van der Waals surface area contributed by atoms with Gasteiger partial charge in [-0.05, 0) is 77.8 Å². The summed E-state index contributed by atoms with van der Waals surface area (Å²) in [4.78, 5) is 75.8. The molecule has 0 aromatic heterocycles. The summed E-state index contributed by atoms with van der Waals surface area (Å²) in [5.74, 6) is -16.3. The van der Waals surface area contributed by atoms with Gasteiger partial charge in [0.2, 0.25) is 0 Å². The first-order valence-electron chi connectivity index (χ1n) is 31.2. The molecule has 0 unspecified atom stereocenters. The number of carbonyl (C=O) groups excluding carboxylic acids is 5. The number of ketones is 1. The van der Waals surface area contributed by atoms with E-state index in [0.717, 1.165) is 34.7 Å². The molecule has 27 heteroatoms. The molecule has 1 aliphatic carbocycles. The van der Waals surface area contributed by atoms with Gasteiger partial charge in [0.15, 0.2) is 29.1 Å². The fourth-order valence-electron chi connectivity index (χ4n) is 12.1. The zero-order valence-corrected chi connectivity index (χ0v) is 56.1. The van der Waals surface area contributed by atoms with Crippen LogP contribution in [0.4, 0.5) is 26.3 Å². The third-order valence-corrected chi connectivity index (χ3v) is 17.0. The normalized spacial score (nSPS) is 11.0. The summed E-state index contributed by atoms with van der Waals surface area (Å²) in [6.45, 7) is 35.7. The number of rotatable bonds is 0. The number of nitriles is 9. The highest BCUT2D eigenvalue weighted by molar-refractivity contribution is 6.29. The Morgan fingerprint density at radius 3 is 0.804 bits per heavy atom. The molecule has 3 aliphatic rings. The molecule has 0 bridgehead atoms. The van der Waals surface area contributed by atoms with Crippen LogP contribution in [0.1, 0.15) is 68.5 Å². The van der Waals surface area contributed by atoms with Crippen molar-refractivity contribution >= 4 is 112 Å². The Morgan fingerprint density at radius 1 is 0.277 bits per heavy atom. The van der Waals surface area contributed by atoms with Crippen LogP contribution in [0, 0.1) is 180 Å².